The minimum absolute atomic E-state index is 0.108. The van der Waals surface area contributed by atoms with Gasteiger partial charge in [-0.2, -0.15) is 10.1 Å². The molecule has 0 spiro atoms. The number of rotatable bonds is 4. The summed E-state index contributed by atoms with van der Waals surface area (Å²) < 4.78 is 0. The van der Waals surface area contributed by atoms with E-state index in [4.69, 9.17) is 0 Å². The molecule has 2 aromatic rings. The van der Waals surface area contributed by atoms with Crippen molar-refractivity contribution in [3.05, 3.63) is 75.8 Å². The molecular formula is C18H17N3O4. The maximum Gasteiger partial charge on any atom is 0.283 e. The second-order valence-electron chi connectivity index (χ2n) is 5.77. The Morgan fingerprint density at radius 1 is 1.24 bits per heavy atom. The lowest BCUT2D eigenvalue weighted by molar-refractivity contribution is -0.385. The van der Waals surface area contributed by atoms with Gasteiger partial charge in [-0.1, -0.05) is 49.4 Å². The van der Waals surface area contributed by atoms with Crippen molar-refractivity contribution in [1.82, 2.24) is 5.01 Å². The van der Waals surface area contributed by atoms with E-state index in [0.29, 0.717) is 17.7 Å². The molecule has 0 unspecified atom stereocenters. The average molecular weight is 339 g/mol. The van der Waals surface area contributed by atoms with Crippen molar-refractivity contribution in [2.24, 2.45) is 5.10 Å². The van der Waals surface area contributed by atoms with Crippen molar-refractivity contribution in [2.75, 3.05) is 0 Å². The number of carbonyl (C=O) groups is 1. The standard InChI is InChI=1S/C18H17N3O4/c1-2-14-12-18(23,13-8-4-3-5-9-13)20(19-14)17(22)15-10-6-7-11-16(15)21(24)25/h3-11,23H,2,12H2,1H3/t18-/m1/s1. The Balaban J connectivity index is 2.08. The van der Waals surface area contributed by atoms with Gasteiger partial charge in [0.1, 0.15) is 5.56 Å². The van der Waals surface area contributed by atoms with E-state index in [-0.39, 0.29) is 17.7 Å². The molecule has 0 aromatic heterocycles. The lowest BCUT2D eigenvalue weighted by atomic mass is 9.96. The quantitative estimate of drug-likeness (QED) is 0.684. The summed E-state index contributed by atoms with van der Waals surface area (Å²) in [5.74, 6) is -0.706. The summed E-state index contributed by atoms with van der Waals surface area (Å²) in [7, 11) is 0. The second-order valence-corrected chi connectivity index (χ2v) is 5.77. The summed E-state index contributed by atoms with van der Waals surface area (Å²) in [6, 6.07) is 14.4. The zero-order valence-corrected chi connectivity index (χ0v) is 13.6. The van der Waals surface area contributed by atoms with Crippen molar-refractivity contribution in [3.63, 3.8) is 0 Å². The predicted molar refractivity (Wildman–Crippen MR) is 91.9 cm³/mol. The molecule has 7 nitrogen and oxygen atoms in total. The molecule has 3 rings (SSSR count). The SMILES string of the molecule is CCC1=NN(C(=O)c2ccccc2[N+](=O)[O-])[C@](O)(c2ccccc2)C1. The number of benzene rings is 2. The minimum Gasteiger partial charge on any atom is -0.365 e. The highest BCUT2D eigenvalue weighted by Gasteiger charge is 2.46. The van der Waals surface area contributed by atoms with Gasteiger partial charge in [0.2, 0.25) is 0 Å². The van der Waals surface area contributed by atoms with Crippen molar-refractivity contribution >= 4 is 17.3 Å². The summed E-state index contributed by atoms with van der Waals surface area (Å²) >= 11 is 0. The molecule has 1 aliphatic heterocycles. The summed E-state index contributed by atoms with van der Waals surface area (Å²) in [6.07, 6.45) is 0.732. The van der Waals surface area contributed by atoms with Gasteiger partial charge in [0.25, 0.3) is 11.6 Å². The number of para-hydroxylation sites is 1. The predicted octanol–water partition coefficient (Wildman–Crippen LogP) is 3.05. The summed E-state index contributed by atoms with van der Waals surface area (Å²) in [5, 5.41) is 27.6. The van der Waals surface area contributed by atoms with Gasteiger partial charge < -0.3 is 5.11 Å². The van der Waals surface area contributed by atoms with Crippen LogP contribution < -0.4 is 0 Å². The Bertz CT molecular complexity index is 850. The number of amides is 1. The maximum atomic E-state index is 13.0. The van der Waals surface area contributed by atoms with Crippen LogP contribution in [0.4, 0.5) is 5.69 Å². The molecule has 0 aliphatic carbocycles. The average Bonchev–Trinajstić information content (AvgIpc) is 3.00. The van der Waals surface area contributed by atoms with Crippen LogP contribution in [0.15, 0.2) is 59.7 Å². The largest absolute Gasteiger partial charge is 0.365 e. The maximum absolute atomic E-state index is 13.0. The number of hydrogen-bond acceptors (Lipinski definition) is 5. The van der Waals surface area contributed by atoms with Gasteiger partial charge in [0, 0.05) is 23.8 Å². The number of carbonyl (C=O) groups excluding carboxylic acids is 1. The third kappa shape index (κ3) is 2.89. The molecule has 0 saturated heterocycles. The normalized spacial score (nSPS) is 19.6. The number of nitro groups is 1. The van der Waals surface area contributed by atoms with E-state index in [1.54, 1.807) is 36.4 Å². The topological polar surface area (TPSA) is 96.0 Å². The molecule has 1 amide bonds. The van der Waals surface area contributed by atoms with Crippen molar-refractivity contribution < 1.29 is 14.8 Å². The van der Waals surface area contributed by atoms with E-state index in [1.165, 1.54) is 18.2 Å². The fourth-order valence-electron chi connectivity index (χ4n) is 2.89. The molecule has 0 radical (unpaired) electrons. The third-order valence-corrected chi connectivity index (χ3v) is 4.21. The molecule has 2 aromatic carbocycles. The van der Waals surface area contributed by atoms with Gasteiger partial charge in [0.05, 0.1) is 4.92 Å². The smallest absolute Gasteiger partial charge is 0.283 e. The highest BCUT2D eigenvalue weighted by atomic mass is 16.6. The Hall–Kier alpha value is -3.06. The van der Waals surface area contributed by atoms with Gasteiger partial charge in [-0.25, -0.2) is 0 Å². The van der Waals surface area contributed by atoms with Crippen LogP contribution in [0.2, 0.25) is 0 Å². The van der Waals surface area contributed by atoms with Crippen molar-refractivity contribution in [1.29, 1.82) is 0 Å². The van der Waals surface area contributed by atoms with Crippen LogP contribution in [0.5, 0.6) is 0 Å². The zero-order chi connectivity index (χ0) is 18.0. The van der Waals surface area contributed by atoms with Gasteiger partial charge >= 0.3 is 0 Å². The molecule has 1 aliphatic rings. The fraction of sp³-hybridized carbons (Fsp3) is 0.222. The van der Waals surface area contributed by atoms with Crippen LogP contribution in [0.1, 0.15) is 35.7 Å². The first kappa shape index (κ1) is 16.8. The second kappa shape index (κ2) is 6.45. The summed E-state index contributed by atoms with van der Waals surface area (Å²) in [5.41, 5.74) is -0.925. The monoisotopic (exact) mass is 339 g/mol. The molecule has 1 heterocycles. The molecule has 0 saturated carbocycles. The molecule has 7 heteroatoms. The third-order valence-electron chi connectivity index (χ3n) is 4.21. The van der Waals surface area contributed by atoms with E-state index in [1.807, 2.05) is 6.92 Å². The highest BCUT2D eigenvalue weighted by Crippen LogP contribution is 2.37. The van der Waals surface area contributed by atoms with Crippen LogP contribution in [0, 0.1) is 10.1 Å². The van der Waals surface area contributed by atoms with E-state index in [0.717, 1.165) is 5.01 Å². The number of nitrogens with zero attached hydrogens (tertiary/aromatic N) is 3. The zero-order valence-electron chi connectivity index (χ0n) is 13.6. The molecule has 1 atom stereocenters. The first-order valence-corrected chi connectivity index (χ1v) is 7.89. The van der Waals surface area contributed by atoms with E-state index < -0.39 is 16.6 Å². The summed E-state index contributed by atoms with van der Waals surface area (Å²) in [6.45, 7) is 1.88. The van der Waals surface area contributed by atoms with Gasteiger partial charge in [-0.3, -0.25) is 14.9 Å². The van der Waals surface area contributed by atoms with Crippen LogP contribution in [-0.4, -0.2) is 26.7 Å². The van der Waals surface area contributed by atoms with Crippen molar-refractivity contribution in [2.45, 2.75) is 25.5 Å². The first-order chi connectivity index (χ1) is 12.0. The van der Waals surface area contributed by atoms with Gasteiger partial charge in [-0.15, -0.1) is 0 Å². The molecule has 128 valence electrons. The number of hydrogen-bond donors (Lipinski definition) is 1. The lowest BCUT2D eigenvalue weighted by Crippen LogP contribution is -2.43. The Kier molecular flexibility index (Phi) is 4.33. The molecule has 0 fully saturated rings. The number of hydrazone groups is 1. The van der Waals surface area contributed by atoms with Crippen molar-refractivity contribution in [3.8, 4) is 0 Å². The fourth-order valence-corrected chi connectivity index (χ4v) is 2.89. The number of aliphatic hydroxyl groups is 1. The van der Waals surface area contributed by atoms with Crippen LogP contribution in [-0.2, 0) is 5.72 Å². The number of nitro benzene ring substituents is 1. The Morgan fingerprint density at radius 3 is 2.52 bits per heavy atom. The molecule has 0 bridgehead atoms. The van der Waals surface area contributed by atoms with Crippen LogP contribution in [0.3, 0.4) is 0 Å². The highest BCUT2D eigenvalue weighted by molar-refractivity contribution is 6.01. The van der Waals surface area contributed by atoms with E-state index >= 15 is 0 Å². The van der Waals surface area contributed by atoms with Crippen LogP contribution in [0.25, 0.3) is 0 Å². The lowest BCUT2D eigenvalue weighted by Gasteiger charge is -2.31. The van der Waals surface area contributed by atoms with Crippen LogP contribution >= 0.6 is 0 Å². The molecule has 25 heavy (non-hydrogen) atoms. The van der Waals surface area contributed by atoms with E-state index in [2.05, 4.69) is 5.10 Å². The molecule has 1 N–H and O–H groups in total. The van der Waals surface area contributed by atoms with Gasteiger partial charge in [0.15, 0.2) is 5.72 Å². The Labute approximate surface area is 144 Å². The summed E-state index contributed by atoms with van der Waals surface area (Å²) in [4.78, 5) is 23.6. The Morgan fingerprint density at radius 2 is 1.88 bits per heavy atom. The van der Waals surface area contributed by atoms with Gasteiger partial charge in [-0.05, 0) is 12.5 Å². The first-order valence-electron chi connectivity index (χ1n) is 7.89. The van der Waals surface area contributed by atoms with E-state index in [9.17, 15) is 20.0 Å². The minimum atomic E-state index is -1.66. The molecular weight excluding hydrogens is 322 g/mol.